The lowest BCUT2D eigenvalue weighted by molar-refractivity contribution is 0.0880. The second kappa shape index (κ2) is 8.60. The van der Waals surface area contributed by atoms with Gasteiger partial charge < -0.3 is 25.1 Å². The fourth-order valence-corrected chi connectivity index (χ4v) is 2.63. The van der Waals surface area contributed by atoms with Crippen molar-refractivity contribution < 1.29 is 18.3 Å². The van der Waals surface area contributed by atoms with Gasteiger partial charge in [0.15, 0.2) is 0 Å². The van der Waals surface area contributed by atoms with E-state index in [1.54, 1.807) is 38.1 Å². The molecule has 0 aliphatic rings. The molecule has 0 spiro atoms. The van der Waals surface area contributed by atoms with E-state index < -0.39 is 16.8 Å². The van der Waals surface area contributed by atoms with Gasteiger partial charge in [0, 0.05) is 29.2 Å². The molecule has 1 aromatic heterocycles. The molecule has 1 heterocycles. The molecule has 2 aromatic rings. The smallest absolute Gasteiger partial charge is 0.251 e. The SMILES string of the molecule is CC(C)(COc1cccc(NS(=O)[O-])c1C(=N)N)NC(=O)c1ccncc1. The Hall–Kier alpha value is -2.98. The summed E-state index contributed by atoms with van der Waals surface area (Å²) in [4.78, 5) is 16.2. The first-order valence-electron chi connectivity index (χ1n) is 7.88. The fourth-order valence-electron chi connectivity index (χ4n) is 2.28. The van der Waals surface area contributed by atoms with E-state index in [-0.39, 0.29) is 35.4 Å². The average molecular weight is 390 g/mol. The number of carbonyl (C=O) groups is 1. The van der Waals surface area contributed by atoms with Gasteiger partial charge in [-0.05, 0) is 38.1 Å². The lowest BCUT2D eigenvalue weighted by Crippen LogP contribution is -2.48. The van der Waals surface area contributed by atoms with Crippen LogP contribution in [0.3, 0.4) is 0 Å². The summed E-state index contributed by atoms with van der Waals surface area (Å²) in [7, 11) is 0. The Morgan fingerprint density at radius 1 is 1.33 bits per heavy atom. The number of anilines is 1. The molecule has 0 radical (unpaired) electrons. The Labute approximate surface area is 159 Å². The van der Waals surface area contributed by atoms with Crippen molar-refractivity contribution in [3.05, 3.63) is 53.9 Å². The van der Waals surface area contributed by atoms with Crippen LogP contribution in [0.5, 0.6) is 5.75 Å². The van der Waals surface area contributed by atoms with E-state index in [4.69, 9.17) is 15.9 Å². The van der Waals surface area contributed by atoms with Gasteiger partial charge in [-0.1, -0.05) is 6.07 Å². The van der Waals surface area contributed by atoms with Crippen LogP contribution in [0.4, 0.5) is 5.69 Å². The zero-order valence-corrected chi connectivity index (χ0v) is 15.6. The largest absolute Gasteiger partial charge is 0.755 e. The number of hydrogen-bond donors (Lipinski definition) is 4. The van der Waals surface area contributed by atoms with Crippen molar-refractivity contribution in [1.29, 1.82) is 5.41 Å². The summed E-state index contributed by atoms with van der Waals surface area (Å²) in [6, 6.07) is 7.79. The molecule has 0 saturated carbocycles. The van der Waals surface area contributed by atoms with Gasteiger partial charge in [-0.15, -0.1) is 0 Å². The van der Waals surface area contributed by atoms with Crippen molar-refractivity contribution >= 4 is 28.7 Å². The number of benzene rings is 1. The Morgan fingerprint density at radius 3 is 2.59 bits per heavy atom. The van der Waals surface area contributed by atoms with Crippen molar-refractivity contribution in [3.8, 4) is 5.75 Å². The van der Waals surface area contributed by atoms with Gasteiger partial charge in [0.2, 0.25) is 0 Å². The first-order valence-corrected chi connectivity index (χ1v) is 8.96. The number of rotatable bonds is 8. The zero-order chi connectivity index (χ0) is 20.0. The number of nitrogens with one attached hydrogen (secondary N) is 3. The molecule has 1 aromatic carbocycles. The third kappa shape index (κ3) is 5.76. The summed E-state index contributed by atoms with van der Waals surface area (Å²) in [6.07, 6.45) is 3.05. The molecule has 0 aliphatic carbocycles. The van der Waals surface area contributed by atoms with Crippen LogP contribution >= 0.6 is 0 Å². The fraction of sp³-hybridized carbons (Fsp3) is 0.235. The molecule has 2 rings (SSSR count). The molecule has 144 valence electrons. The highest BCUT2D eigenvalue weighted by Crippen LogP contribution is 2.27. The zero-order valence-electron chi connectivity index (χ0n) is 14.8. The maximum absolute atomic E-state index is 12.3. The maximum Gasteiger partial charge on any atom is 0.251 e. The molecule has 27 heavy (non-hydrogen) atoms. The summed E-state index contributed by atoms with van der Waals surface area (Å²) in [5, 5.41) is 10.5. The highest BCUT2D eigenvalue weighted by atomic mass is 32.2. The summed E-state index contributed by atoms with van der Waals surface area (Å²) in [6.45, 7) is 3.61. The lowest BCUT2D eigenvalue weighted by atomic mass is 10.1. The number of hydrogen-bond acceptors (Lipinski definition) is 6. The van der Waals surface area contributed by atoms with Gasteiger partial charge in [-0.3, -0.25) is 19.4 Å². The number of carbonyl (C=O) groups excluding carboxylic acids is 1. The molecule has 0 bridgehead atoms. The van der Waals surface area contributed by atoms with Gasteiger partial charge in [0.05, 0.1) is 16.8 Å². The van der Waals surface area contributed by atoms with Crippen LogP contribution in [-0.2, 0) is 11.3 Å². The number of nitrogen functional groups attached to an aromatic ring is 1. The van der Waals surface area contributed by atoms with Gasteiger partial charge in [-0.25, -0.2) is 0 Å². The van der Waals surface area contributed by atoms with Gasteiger partial charge in [-0.2, -0.15) is 0 Å². The van der Waals surface area contributed by atoms with Crippen molar-refractivity contribution in [2.45, 2.75) is 19.4 Å². The number of nitrogens with zero attached hydrogens (tertiary/aromatic N) is 1. The second-order valence-electron chi connectivity index (χ2n) is 6.29. The lowest BCUT2D eigenvalue weighted by Gasteiger charge is -2.27. The molecule has 10 heteroatoms. The number of amidine groups is 1. The van der Waals surface area contributed by atoms with Crippen molar-refractivity contribution in [2.75, 3.05) is 11.3 Å². The topological polar surface area (TPSA) is 153 Å². The highest BCUT2D eigenvalue weighted by Gasteiger charge is 2.23. The highest BCUT2D eigenvalue weighted by molar-refractivity contribution is 7.80. The molecule has 1 atom stereocenters. The molecular weight excluding hydrogens is 370 g/mol. The van der Waals surface area contributed by atoms with Crippen molar-refractivity contribution in [3.63, 3.8) is 0 Å². The molecule has 1 amide bonds. The van der Waals surface area contributed by atoms with Crippen LogP contribution in [0.15, 0.2) is 42.7 Å². The second-order valence-corrected chi connectivity index (χ2v) is 6.97. The first kappa shape index (κ1) is 20.3. The van der Waals surface area contributed by atoms with E-state index in [1.165, 1.54) is 18.5 Å². The van der Waals surface area contributed by atoms with E-state index in [2.05, 4.69) is 15.0 Å². The van der Waals surface area contributed by atoms with E-state index in [9.17, 15) is 13.6 Å². The molecule has 0 aliphatic heterocycles. The summed E-state index contributed by atoms with van der Waals surface area (Å²) >= 11 is -2.57. The average Bonchev–Trinajstić information content (AvgIpc) is 2.59. The molecule has 1 unspecified atom stereocenters. The van der Waals surface area contributed by atoms with E-state index in [1.807, 2.05) is 0 Å². The number of aromatic nitrogens is 1. The number of nitrogens with two attached hydrogens (primary N) is 1. The summed E-state index contributed by atoms with van der Waals surface area (Å²) < 4.78 is 29.7. The Morgan fingerprint density at radius 2 is 2.00 bits per heavy atom. The van der Waals surface area contributed by atoms with Crippen molar-refractivity contribution in [2.24, 2.45) is 5.73 Å². The normalized spacial score (nSPS) is 12.1. The minimum atomic E-state index is -2.57. The van der Waals surface area contributed by atoms with Gasteiger partial charge in [0.1, 0.15) is 18.2 Å². The van der Waals surface area contributed by atoms with Crippen molar-refractivity contribution in [1.82, 2.24) is 10.3 Å². The number of amides is 1. The predicted molar refractivity (Wildman–Crippen MR) is 101 cm³/mol. The predicted octanol–water partition coefficient (Wildman–Crippen LogP) is 1.16. The molecular formula is C17H20N5O4S-. The molecule has 9 nitrogen and oxygen atoms in total. The standard InChI is InChI=1S/C17H21N5O4S/c1-17(2,21-16(23)11-6-8-20-9-7-11)10-26-13-5-3-4-12(22-27(24)25)14(13)15(18)19/h3-9,22H,10H2,1-2H3,(H3,18,19)(H,21,23)(H,24,25)/p-1. The third-order valence-corrected chi connectivity index (χ3v) is 3.86. The third-order valence-electron chi connectivity index (χ3n) is 3.47. The Kier molecular flexibility index (Phi) is 6.48. The molecule has 0 fully saturated rings. The Balaban J connectivity index is 2.13. The van der Waals surface area contributed by atoms with Crippen LogP contribution in [0, 0.1) is 5.41 Å². The minimum Gasteiger partial charge on any atom is -0.755 e. The quantitative estimate of drug-likeness (QED) is 0.301. The van der Waals surface area contributed by atoms with E-state index >= 15 is 0 Å². The van der Waals surface area contributed by atoms with Crippen LogP contribution in [0.25, 0.3) is 0 Å². The van der Waals surface area contributed by atoms with Gasteiger partial charge in [0.25, 0.3) is 5.91 Å². The van der Waals surface area contributed by atoms with E-state index in [0.717, 1.165) is 0 Å². The summed E-state index contributed by atoms with van der Waals surface area (Å²) in [5.41, 5.74) is 5.54. The van der Waals surface area contributed by atoms with Crippen LogP contribution in [0.2, 0.25) is 0 Å². The van der Waals surface area contributed by atoms with Crippen LogP contribution < -0.4 is 20.5 Å². The number of ether oxygens (including phenoxy) is 1. The monoisotopic (exact) mass is 390 g/mol. The minimum absolute atomic E-state index is 0.0635. The van der Waals surface area contributed by atoms with Gasteiger partial charge >= 0.3 is 0 Å². The number of pyridine rings is 1. The van der Waals surface area contributed by atoms with Crippen LogP contribution in [0.1, 0.15) is 29.8 Å². The van der Waals surface area contributed by atoms with E-state index in [0.29, 0.717) is 5.56 Å². The maximum atomic E-state index is 12.3. The Bertz CT molecular complexity index is 858. The summed E-state index contributed by atoms with van der Waals surface area (Å²) in [5.74, 6) is -0.406. The van der Waals surface area contributed by atoms with Crippen LogP contribution in [-0.4, -0.2) is 37.6 Å². The first-order chi connectivity index (χ1) is 12.7. The molecule has 0 saturated heterocycles. The molecule has 5 N–H and O–H groups in total.